The lowest BCUT2D eigenvalue weighted by molar-refractivity contribution is -0.138. The second-order valence-corrected chi connectivity index (χ2v) is 10.6. The Morgan fingerprint density at radius 1 is 0.574 bits per heavy atom. The highest BCUT2D eigenvalue weighted by Gasteiger charge is 2.12. The minimum Gasteiger partial charge on any atom is -0.462 e. The second-order valence-electron chi connectivity index (χ2n) is 10.6. The first kappa shape index (κ1) is 33.8. The molecule has 0 aromatic heterocycles. The number of ether oxygens (including phenoxy) is 2. The molecule has 0 saturated carbocycles. The second kappa shape index (κ2) is 16.3. The fraction of sp³-hybridized carbons (Fsp3) is 0.179. The Hall–Kier alpha value is -6.12. The van der Waals surface area contributed by atoms with Gasteiger partial charge in [0.1, 0.15) is 23.3 Å². The Kier molecular flexibility index (Phi) is 11.7. The summed E-state index contributed by atoms with van der Waals surface area (Å²) >= 11 is 0. The molecule has 0 aliphatic carbocycles. The van der Waals surface area contributed by atoms with Gasteiger partial charge in [-0.05, 0) is 103 Å². The smallest absolute Gasteiger partial charge is 0.348 e. The van der Waals surface area contributed by atoms with Crippen LogP contribution in [0.3, 0.4) is 0 Å². The van der Waals surface area contributed by atoms with Gasteiger partial charge in [0.05, 0.1) is 13.2 Å². The van der Waals surface area contributed by atoms with Crippen molar-refractivity contribution in [3.8, 4) is 12.1 Å². The Morgan fingerprint density at radius 3 is 1.15 bits per heavy atom. The summed E-state index contributed by atoms with van der Waals surface area (Å²) in [6.07, 6.45) is 3.85. The molecule has 4 aromatic rings. The molecule has 8 nitrogen and oxygen atoms in total. The van der Waals surface area contributed by atoms with Gasteiger partial charge in [-0.25, -0.2) is 9.59 Å². The highest BCUT2D eigenvalue weighted by Crippen LogP contribution is 2.27. The van der Waals surface area contributed by atoms with Crippen LogP contribution >= 0.6 is 0 Å². The van der Waals surface area contributed by atoms with Crippen molar-refractivity contribution in [3.63, 3.8) is 0 Å². The van der Waals surface area contributed by atoms with Crippen molar-refractivity contribution in [2.24, 2.45) is 0 Å². The molecule has 0 amide bonds. The number of hydrogen-bond acceptors (Lipinski definition) is 8. The Labute approximate surface area is 276 Å². The number of benzene rings is 4. The number of esters is 2. The largest absolute Gasteiger partial charge is 0.462 e. The number of nitrogens with zero attached hydrogens (tertiary/aromatic N) is 4. The summed E-state index contributed by atoms with van der Waals surface area (Å²) in [6.45, 7) is 3.84. The molecule has 0 unspecified atom stereocenters. The summed E-state index contributed by atoms with van der Waals surface area (Å²) in [5.74, 6) is -1.25. The Balaban J connectivity index is 1.36. The third kappa shape index (κ3) is 8.97. The average molecular weight is 625 g/mol. The standard InChI is InChI=1S/C39H36N4O4/c1-5-46-38(44)32(26-40)24-30-11-19-36(20-12-30)42(3)34-15-7-28(8-16-34)23-29-9-17-35(18-10-29)43(4)37-21-13-31(14-22-37)25-33(27-41)39(45)47-6-2/h7-22,24-25H,5-6,23H2,1-4H3. The van der Waals surface area contributed by atoms with Crippen molar-refractivity contribution in [1.29, 1.82) is 10.5 Å². The fourth-order valence-corrected chi connectivity index (χ4v) is 4.82. The van der Waals surface area contributed by atoms with E-state index in [1.54, 1.807) is 13.8 Å². The number of carbonyl (C=O) groups is 2. The summed E-state index contributed by atoms with van der Waals surface area (Å²) in [5.41, 5.74) is 7.81. The number of hydrogen-bond donors (Lipinski definition) is 0. The summed E-state index contributed by atoms with van der Waals surface area (Å²) in [5, 5.41) is 18.6. The lowest BCUT2D eigenvalue weighted by Gasteiger charge is -2.20. The van der Waals surface area contributed by atoms with Crippen LogP contribution in [0.15, 0.2) is 108 Å². The van der Waals surface area contributed by atoms with Gasteiger partial charge in [-0.2, -0.15) is 10.5 Å². The molecule has 0 N–H and O–H groups in total. The zero-order chi connectivity index (χ0) is 33.8. The normalized spacial score (nSPS) is 11.2. The van der Waals surface area contributed by atoms with E-state index in [0.717, 1.165) is 40.3 Å². The van der Waals surface area contributed by atoms with E-state index in [1.165, 1.54) is 23.3 Å². The van der Waals surface area contributed by atoms with Gasteiger partial charge in [0.15, 0.2) is 0 Å². The van der Waals surface area contributed by atoms with E-state index in [2.05, 4.69) is 58.3 Å². The van der Waals surface area contributed by atoms with Crippen LogP contribution in [0.25, 0.3) is 12.2 Å². The molecule has 0 spiro atoms. The van der Waals surface area contributed by atoms with Crippen LogP contribution in [0.4, 0.5) is 22.7 Å². The predicted octanol–water partition coefficient (Wildman–Crippen LogP) is 7.75. The number of rotatable bonds is 12. The van der Waals surface area contributed by atoms with Crippen molar-refractivity contribution in [1.82, 2.24) is 0 Å². The zero-order valence-corrected chi connectivity index (χ0v) is 26.9. The molecule has 0 heterocycles. The first-order chi connectivity index (χ1) is 22.8. The lowest BCUT2D eigenvalue weighted by Crippen LogP contribution is -2.09. The molecular formula is C39H36N4O4. The van der Waals surface area contributed by atoms with E-state index < -0.39 is 11.9 Å². The molecule has 47 heavy (non-hydrogen) atoms. The minimum absolute atomic E-state index is 0.0326. The number of carbonyl (C=O) groups excluding carboxylic acids is 2. The monoisotopic (exact) mass is 624 g/mol. The van der Waals surface area contributed by atoms with E-state index in [0.29, 0.717) is 0 Å². The molecule has 0 radical (unpaired) electrons. The minimum atomic E-state index is -0.623. The van der Waals surface area contributed by atoms with Crippen LogP contribution in [0.1, 0.15) is 36.1 Å². The Morgan fingerprint density at radius 2 is 0.872 bits per heavy atom. The average Bonchev–Trinajstić information content (AvgIpc) is 3.10. The number of anilines is 4. The van der Waals surface area contributed by atoms with Crippen LogP contribution in [0.2, 0.25) is 0 Å². The molecule has 0 atom stereocenters. The van der Waals surface area contributed by atoms with E-state index >= 15 is 0 Å². The van der Waals surface area contributed by atoms with Crippen LogP contribution in [0.5, 0.6) is 0 Å². The van der Waals surface area contributed by atoms with Crippen LogP contribution in [-0.2, 0) is 25.5 Å². The fourth-order valence-electron chi connectivity index (χ4n) is 4.82. The summed E-state index contributed by atoms with van der Waals surface area (Å²) in [7, 11) is 3.98. The molecule has 0 bridgehead atoms. The maximum atomic E-state index is 11.9. The highest BCUT2D eigenvalue weighted by molar-refractivity contribution is 5.98. The zero-order valence-electron chi connectivity index (χ0n) is 26.9. The molecule has 4 aromatic carbocycles. The molecule has 4 rings (SSSR count). The van der Waals surface area contributed by atoms with E-state index in [9.17, 15) is 20.1 Å². The maximum Gasteiger partial charge on any atom is 0.348 e. The van der Waals surface area contributed by atoms with Crippen molar-refractivity contribution < 1.29 is 19.1 Å². The molecule has 236 valence electrons. The van der Waals surface area contributed by atoms with Crippen LogP contribution in [0, 0.1) is 22.7 Å². The van der Waals surface area contributed by atoms with Gasteiger partial charge in [-0.1, -0.05) is 48.5 Å². The third-order valence-corrected chi connectivity index (χ3v) is 7.47. The molecule has 0 aliphatic heterocycles. The first-order valence-electron chi connectivity index (χ1n) is 15.2. The molecule has 0 aliphatic rings. The topological polar surface area (TPSA) is 107 Å². The van der Waals surface area contributed by atoms with Gasteiger partial charge in [-0.3, -0.25) is 0 Å². The van der Waals surface area contributed by atoms with Gasteiger partial charge >= 0.3 is 11.9 Å². The van der Waals surface area contributed by atoms with Crippen molar-refractivity contribution in [3.05, 3.63) is 130 Å². The summed E-state index contributed by atoms with van der Waals surface area (Å²) in [4.78, 5) is 28.0. The maximum absolute atomic E-state index is 11.9. The molecule has 0 saturated heterocycles. The molecule has 0 fully saturated rings. The van der Waals surface area contributed by atoms with Gasteiger partial charge in [-0.15, -0.1) is 0 Å². The van der Waals surface area contributed by atoms with Gasteiger partial charge in [0.2, 0.25) is 0 Å². The van der Waals surface area contributed by atoms with Crippen molar-refractivity contribution >= 4 is 46.8 Å². The number of nitriles is 2. The predicted molar refractivity (Wildman–Crippen MR) is 185 cm³/mol. The highest BCUT2D eigenvalue weighted by atomic mass is 16.5. The Bertz CT molecular complexity index is 1690. The summed E-state index contributed by atoms with van der Waals surface area (Å²) in [6, 6.07) is 35.9. The van der Waals surface area contributed by atoms with Crippen molar-refractivity contribution in [2.45, 2.75) is 20.3 Å². The molecular weight excluding hydrogens is 588 g/mol. The first-order valence-corrected chi connectivity index (χ1v) is 15.2. The van der Waals surface area contributed by atoms with E-state index in [-0.39, 0.29) is 24.4 Å². The van der Waals surface area contributed by atoms with Gasteiger partial charge in [0.25, 0.3) is 0 Å². The molecule has 8 heteroatoms. The third-order valence-electron chi connectivity index (χ3n) is 7.47. The van der Waals surface area contributed by atoms with Crippen molar-refractivity contribution in [2.75, 3.05) is 37.1 Å². The quantitative estimate of drug-likeness (QED) is 0.0895. The van der Waals surface area contributed by atoms with Gasteiger partial charge in [0, 0.05) is 36.8 Å². The van der Waals surface area contributed by atoms with E-state index in [1.807, 2.05) is 74.8 Å². The van der Waals surface area contributed by atoms with Crippen LogP contribution in [-0.4, -0.2) is 39.2 Å². The summed E-state index contributed by atoms with van der Waals surface area (Å²) < 4.78 is 9.86. The SMILES string of the molecule is CCOC(=O)C(C#N)=Cc1ccc(N(C)c2ccc(Cc3ccc(N(C)c4ccc(C=C(C#N)C(=O)OCC)cc4)cc3)cc2)cc1. The van der Waals surface area contributed by atoms with Crippen LogP contribution < -0.4 is 9.80 Å². The van der Waals surface area contributed by atoms with E-state index in [4.69, 9.17) is 9.47 Å². The van der Waals surface area contributed by atoms with Gasteiger partial charge < -0.3 is 19.3 Å². The lowest BCUT2D eigenvalue weighted by atomic mass is 10.0.